The predicted octanol–water partition coefficient (Wildman–Crippen LogP) is 5.16. The van der Waals surface area contributed by atoms with E-state index in [4.69, 9.17) is 0 Å². The van der Waals surface area contributed by atoms with E-state index in [1.165, 1.54) is 5.75 Å². The summed E-state index contributed by atoms with van der Waals surface area (Å²) >= 11 is 1.95. The van der Waals surface area contributed by atoms with Gasteiger partial charge in [0.15, 0.2) is 0 Å². The summed E-state index contributed by atoms with van der Waals surface area (Å²) in [6.45, 7) is 16.2. The fourth-order valence-corrected chi connectivity index (χ4v) is 1.61. The van der Waals surface area contributed by atoms with E-state index in [-0.39, 0.29) is 0 Å². The maximum Gasteiger partial charge on any atom is 0.115 e. The van der Waals surface area contributed by atoms with E-state index in [1.54, 1.807) is 6.33 Å². The summed E-state index contributed by atoms with van der Waals surface area (Å²) in [5.41, 5.74) is 2.21. The first-order chi connectivity index (χ1) is 8.83. The Bertz CT molecular complexity index is 240. The Balaban J connectivity index is -0.000000328. The molecule has 18 heavy (non-hydrogen) atoms. The van der Waals surface area contributed by atoms with Crippen molar-refractivity contribution in [2.24, 2.45) is 0 Å². The largest absolute Gasteiger partial charge is 0.242 e. The van der Waals surface area contributed by atoms with E-state index < -0.39 is 0 Å². The van der Waals surface area contributed by atoms with Gasteiger partial charge in [-0.3, -0.25) is 0 Å². The zero-order valence-electron chi connectivity index (χ0n) is 13.6. The van der Waals surface area contributed by atoms with Crippen LogP contribution in [-0.2, 0) is 6.42 Å². The molecule has 0 unspecified atom stereocenters. The molecule has 0 aliphatic carbocycles. The fourth-order valence-electron chi connectivity index (χ4n) is 0.968. The van der Waals surface area contributed by atoms with Crippen LogP contribution in [0, 0.1) is 6.92 Å². The molecule has 0 saturated carbocycles. The molecule has 0 radical (unpaired) electrons. The van der Waals surface area contributed by atoms with Crippen LogP contribution in [0.15, 0.2) is 12.4 Å². The molecule has 0 aliphatic rings. The molecule has 0 fully saturated rings. The number of rotatable bonds is 4. The summed E-state index contributed by atoms with van der Waals surface area (Å²) in [4.78, 5) is 8.24. The molecule has 108 valence electrons. The highest BCUT2D eigenvalue weighted by atomic mass is 32.2. The van der Waals surface area contributed by atoms with Crippen LogP contribution in [0.1, 0.15) is 59.9 Å². The molecule has 2 nitrogen and oxygen atoms in total. The molecule has 0 aliphatic heterocycles. The summed E-state index contributed by atoms with van der Waals surface area (Å²) < 4.78 is 0. The lowest BCUT2D eigenvalue weighted by Gasteiger charge is -1.99. The van der Waals surface area contributed by atoms with Gasteiger partial charge in [-0.05, 0) is 30.9 Å². The standard InChI is InChI=1S/C9H14N2S.3C2H6/c1-3-12-5-4-9-6-8(2)10-7-11-9;3*1-2/h6-7H,3-5H2,1-2H3;3*1-2H3. The van der Waals surface area contributed by atoms with E-state index in [0.29, 0.717) is 0 Å². The van der Waals surface area contributed by atoms with E-state index in [0.717, 1.165) is 23.6 Å². The van der Waals surface area contributed by atoms with Crippen molar-refractivity contribution in [3.8, 4) is 0 Å². The van der Waals surface area contributed by atoms with Gasteiger partial charge in [0.05, 0.1) is 0 Å². The van der Waals surface area contributed by atoms with Gasteiger partial charge in [-0.25, -0.2) is 9.97 Å². The predicted molar refractivity (Wildman–Crippen MR) is 87.5 cm³/mol. The zero-order valence-corrected chi connectivity index (χ0v) is 14.4. The van der Waals surface area contributed by atoms with Crippen molar-refractivity contribution < 1.29 is 0 Å². The van der Waals surface area contributed by atoms with Gasteiger partial charge in [0, 0.05) is 11.4 Å². The summed E-state index contributed by atoms with van der Waals surface area (Å²) in [5, 5.41) is 0. The second kappa shape index (κ2) is 21.7. The number of thioether (sulfide) groups is 1. The molecule has 3 heteroatoms. The fraction of sp³-hybridized carbons (Fsp3) is 0.733. The van der Waals surface area contributed by atoms with Gasteiger partial charge in [-0.15, -0.1) is 0 Å². The first kappa shape index (κ1) is 22.6. The molecule has 0 spiro atoms. The molecule has 0 amide bonds. The van der Waals surface area contributed by atoms with Gasteiger partial charge in [0.2, 0.25) is 0 Å². The highest BCUT2D eigenvalue weighted by molar-refractivity contribution is 7.99. The van der Waals surface area contributed by atoms with Gasteiger partial charge in [-0.1, -0.05) is 48.5 Å². The average molecular weight is 273 g/mol. The molecule has 1 heterocycles. The normalized spacial score (nSPS) is 7.78. The van der Waals surface area contributed by atoms with Crippen molar-refractivity contribution in [1.29, 1.82) is 0 Å². The Morgan fingerprint density at radius 3 is 2.00 bits per heavy atom. The second-order valence-electron chi connectivity index (χ2n) is 2.60. The number of aryl methyl sites for hydroxylation is 2. The van der Waals surface area contributed by atoms with Gasteiger partial charge >= 0.3 is 0 Å². The van der Waals surface area contributed by atoms with Crippen LogP contribution in [0.5, 0.6) is 0 Å². The van der Waals surface area contributed by atoms with Crippen LogP contribution in [-0.4, -0.2) is 21.5 Å². The van der Waals surface area contributed by atoms with Crippen LogP contribution in [0.3, 0.4) is 0 Å². The zero-order chi connectivity index (χ0) is 14.8. The van der Waals surface area contributed by atoms with Crippen molar-refractivity contribution in [3.63, 3.8) is 0 Å². The Labute approximate surface area is 119 Å². The summed E-state index contributed by atoms with van der Waals surface area (Å²) in [7, 11) is 0. The lowest BCUT2D eigenvalue weighted by atomic mass is 10.3. The first-order valence-electron chi connectivity index (χ1n) is 7.18. The number of hydrogen-bond acceptors (Lipinski definition) is 3. The summed E-state index contributed by atoms with van der Waals surface area (Å²) in [6, 6.07) is 2.05. The van der Waals surface area contributed by atoms with Gasteiger partial charge < -0.3 is 0 Å². The Morgan fingerprint density at radius 1 is 1.00 bits per heavy atom. The maximum atomic E-state index is 4.19. The molecule has 1 aromatic rings. The van der Waals surface area contributed by atoms with E-state index in [9.17, 15) is 0 Å². The highest BCUT2D eigenvalue weighted by Crippen LogP contribution is 2.04. The number of hydrogen-bond donors (Lipinski definition) is 0. The molecule has 0 N–H and O–H groups in total. The molecular formula is C15H32N2S. The van der Waals surface area contributed by atoms with Gasteiger partial charge in [0.1, 0.15) is 6.33 Å². The maximum absolute atomic E-state index is 4.19. The Kier molecular flexibility index (Phi) is 27.2. The third-order valence-corrected chi connectivity index (χ3v) is 2.47. The van der Waals surface area contributed by atoms with Crippen LogP contribution in [0.4, 0.5) is 0 Å². The van der Waals surface area contributed by atoms with Crippen LogP contribution < -0.4 is 0 Å². The molecular weight excluding hydrogens is 240 g/mol. The lowest BCUT2D eigenvalue weighted by Crippen LogP contribution is -1.95. The van der Waals surface area contributed by atoms with Crippen molar-refractivity contribution in [3.05, 3.63) is 23.8 Å². The van der Waals surface area contributed by atoms with E-state index in [2.05, 4.69) is 23.0 Å². The van der Waals surface area contributed by atoms with Crippen molar-refractivity contribution in [2.75, 3.05) is 11.5 Å². The van der Waals surface area contributed by atoms with Gasteiger partial charge in [-0.2, -0.15) is 11.8 Å². The topological polar surface area (TPSA) is 25.8 Å². The quantitative estimate of drug-likeness (QED) is 0.708. The third kappa shape index (κ3) is 15.4. The number of nitrogens with zero attached hydrogens (tertiary/aromatic N) is 2. The first-order valence-corrected chi connectivity index (χ1v) is 8.33. The number of aromatic nitrogens is 2. The molecule has 0 saturated heterocycles. The molecule has 1 rings (SSSR count). The van der Waals surface area contributed by atoms with Gasteiger partial charge in [0.25, 0.3) is 0 Å². The average Bonchev–Trinajstić information content (AvgIpc) is 2.46. The van der Waals surface area contributed by atoms with Crippen LogP contribution in [0.2, 0.25) is 0 Å². The minimum atomic E-state index is 1.06. The Morgan fingerprint density at radius 2 is 1.56 bits per heavy atom. The van der Waals surface area contributed by atoms with Crippen molar-refractivity contribution >= 4 is 11.8 Å². The molecule has 0 bridgehead atoms. The van der Waals surface area contributed by atoms with Crippen LogP contribution in [0.25, 0.3) is 0 Å². The lowest BCUT2D eigenvalue weighted by molar-refractivity contribution is 0.982. The monoisotopic (exact) mass is 272 g/mol. The van der Waals surface area contributed by atoms with Crippen molar-refractivity contribution in [1.82, 2.24) is 9.97 Å². The SMILES string of the molecule is CC.CC.CC.CCSCCc1cc(C)ncn1. The minimum Gasteiger partial charge on any atom is -0.242 e. The second-order valence-corrected chi connectivity index (χ2v) is 3.99. The molecule has 0 aromatic carbocycles. The summed E-state index contributed by atoms with van der Waals surface area (Å²) in [5.74, 6) is 2.34. The van der Waals surface area contributed by atoms with E-state index >= 15 is 0 Å². The molecule has 1 aromatic heterocycles. The third-order valence-electron chi connectivity index (χ3n) is 1.57. The highest BCUT2D eigenvalue weighted by Gasteiger charge is 1.94. The minimum absolute atomic E-state index is 1.06. The molecule has 0 atom stereocenters. The summed E-state index contributed by atoms with van der Waals surface area (Å²) in [6.07, 6.45) is 2.70. The van der Waals surface area contributed by atoms with Crippen LogP contribution >= 0.6 is 11.8 Å². The van der Waals surface area contributed by atoms with Crippen molar-refractivity contribution in [2.45, 2.75) is 61.8 Å². The van der Waals surface area contributed by atoms with E-state index in [1.807, 2.05) is 60.2 Å². The Hall–Kier alpha value is -0.570. The smallest absolute Gasteiger partial charge is 0.115 e.